The van der Waals surface area contributed by atoms with Crippen LogP contribution in [0.5, 0.6) is 0 Å². The van der Waals surface area contributed by atoms with Crippen molar-refractivity contribution in [3.05, 3.63) is 95.1 Å². The van der Waals surface area contributed by atoms with Crippen LogP contribution in [0.4, 0.5) is 5.69 Å². The molecule has 27 heavy (non-hydrogen) atoms. The normalized spacial score (nSPS) is 10.8. The lowest BCUT2D eigenvalue weighted by Gasteiger charge is -2.23. The largest absolute Gasteiger partial charge is 0.421 e. The van der Waals surface area contributed by atoms with Crippen molar-refractivity contribution < 1.29 is 9.21 Å². The van der Waals surface area contributed by atoms with Gasteiger partial charge >= 0.3 is 5.76 Å². The molecule has 4 rings (SSSR count). The zero-order valence-corrected chi connectivity index (χ0v) is 14.5. The minimum atomic E-state index is -0.593. The standard InChI is InChI=1S/C21H17N3O3/c25-19(15-24-20-18(27-21(24)26)12-7-13-22-20)23(17-10-5-2-6-11-17)14-16-8-3-1-4-9-16/h1-13H,14-15H2. The van der Waals surface area contributed by atoms with Crippen molar-refractivity contribution in [2.24, 2.45) is 0 Å². The maximum atomic E-state index is 13.1. The second-order valence-corrected chi connectivity index (χ2v) is 6.08. The molecule has 0 bridgehead atoms. The van der Waals surface area contributed by atoms with E-state index in [1.807, 2.05) is 60.7 Å². The average Bonchev–Trinajstić information content (AvgIpc) is 3.03. The first-order valence-corrected chi connectivity index (χ1v) is 8.56. The smallest absolute Gasteiger partial charge is 0.406 e. The molecule has 0 aliphatic heterocycles. The number of aromatic nitrogens is 2. The number of carbonyl (C=O) groups is 1. The van der Waals surface area contributed by atoms with Gasteiger partial charge in [-0.1, -0.05) is 48.5 Å². The molecule has 0 aliphatic carbocycles. The Morgan fingerprint density at radius 3 is 2.41 bits per heavy atom. The molecule has 6 heteroatoms. The Balaban J connectivity index is 1.68. The van der Waals surface area contributed by atoms with Crippen molar-refractivity contribution in [3.63, 3.8) is 0 Å². The Morgan fingerprint density at radius 1 is 0.963 bits per heavy atom. The third-order valence-corrected chi connectivity index (χ3v) is 4.27. The van der Waals surface area contributed by atoms with Crippen LogP contribution in [-0.4, -0.2) is 15.5 Å². The molecule has 1 amide bonds. The first kappa shape index (κ1) is 16.8. The fourth-order valence-corrected chi connectivity index (χ4v) is 2.96. The fourth-order valence-electron chi connectivity index (χ4n) is 2.96. The molecule has 0 unspecified atom stereocenters. The second-order valence-electron chi connectivity index (χ2n) is 6.08. The third kappa shape index (κ3) is 3.50. The number of hydrogen-bond donors (Lipinski definition) is 0. The number of hydrogen-bond acceptors (Lipinski definition) is 4. The van der Waals surface area contributed by atoms with E-state index in [-0.39, 0.29) is 12.5 Å². The number of nitrogens with zero attached hydrogens (tertiary/aromatic N) is 3. The predicted octanol–water partition coefficient (Wildman–Crippen LogP) is 3.22. The predicted molar refractivity (Wildman–Crippen MR) is 102 cm³/mol. The number of rotatable bonds is 5. The van der Waals surface area contributed by atoms with Gasteiger partial charge in [0, 0.05) is 11.9 Å². The highest BCUT2D eigenvalue weighted by atomic mass is 16.4. The Kier molecular flexibility index (Phi) is 4.53. The van der Waals surface area contributed by atoms with E-state index in [1.54, 1.807) is 23.2 Å². The molecule has 134 valence electrons. The van der Waals surface area contributed by atoms with E-state index >= 15 is 0 Å². The van der Waals surface area contributed by atoms with Crippen LogP contribution in [0.1, 0.15) is 5.56 Å². The minimum Gasteiger partial charge on any atom is -0.406 e. The number of pyridine rings is 1. The lowest BCUT2D eigenvalue weighted by Crippen LogP contribution is -2.35. The van der Waals surface area contributed by atoms with Crippen molar-refractivity contribution >= 4 is 22.8 Å². The summed E-state index contributed by atoms with van der Waals surface area (Å²) in [5, 5.41) is 0. The Morgan fingerprint density at radius 2 is 1.67 bits per heavy atom. The molecular formula is C21H17N3O3. The Hall–Kier alpha value is -3.67. The summed E-state index contributed by atoms with van der Waals surface area (Å²) in [6.07, 6.45) is 1.57. The Labute approximate surface area is 155 Å². The molecule has 0 fully saturated rings. The van der Waals surface area contributed by atoms with E-state index in [4.69, 9.17) is 4.42 Å². The maximum Gasteiger partial charge on any atom is 0.421 e. The Bertz CT molecular complexity index is 1120. The van der Waals surface area contributed by atoms with Gasteiger partial charge in [0.05, 0.1) is 6.54 Å². The van der Waals surface area contributed by atoms with E-state index in [9.17, 15) is 9.59 Å². The molecule has 4 aromatic rings. The van der Waals surface area contributed by atoms with E-state index in [0.29, 0.717) is 17.8 Å². The van der Waals surface area contributed by atoms with Crippen LogP contribution in [0.15, 0.2) is 88.2 Å². The summed E-state index contributed by atoms with van der Waals surface area (Å²) in [6.45, 7) is 0.256. The summed E-state index contributed by atoms with van der Waals surface area (Å²) >= 11 is 0. The van der Waals surface area contributed by atoms with Crippen LogP contribution in [0.2, 0.25) is 0 Å². The molecule has 0 N–H and O–H groups in total. The highest BCUT2D eigenvalue weighted by Gasteiger charge is 2.20. The lowest BCUT2D eigenvalue weighted by molar-refractivity contribution is -0.119. The van der Waals surface area contributed by atoms with Crippen LogP contribution in [0, 0.1) is 0 Å². The number of anilines is 1. The highest BCUT2D eigenvalue weighted by molar-refractivity contribution is 5.93. The quantitative estimate of drug-likeness (QED) is 0.549. The van der Waals surface area contributed by atoms with Gasteiger partial charge in [0.1, 0.15) is 6.54 Å². The summed E-state index contributed by atoms with van der Waals surface area (Å²) < 4.78 is 6.44. The number of fused-ring (bicyclic) bond motifs is 1. The molecule has 0 radical (unpaired) electrons. The first-order valence-electron chi connectivity index (χ1n) is 8.56. The SMILES string of the molecule is O=C(Cn1c(=O)oc2cccnc21)N(Cc1ccccc1)c1ccccc1. The summed E-state index contributed by atoms with van der Waals surface area (Å²) in [4.78, 5) is 31.1. The zero-order valence-electron chi connectivity index (χ0n) is 14.5. The van der Waals surface area contributed by atoms with Crippen molar-refractivity contribution in [2.75, 3.05) is 4.90 Å². The first-order chi connectivity index (χ1) is 13.2. The molecule has 0 atom stereocenters. The summed E-state index contributed by atoms with van der Waals surface area (Å²) in [6, 6.07) is 22.4. The monoisotopic (exact) mass is 359 g/mol. The number of benzene rings is 2. The summed E-state index contributed by atoms with van der Waals surface area (Å²) in [7, 11) is 0. The van der Waals surface area contributed by atoms with Gasteiger partial charge in [-0.3, -0.25) is 4.79 Å². The van der Waals surface area contributed by atoms with Crippen LogP contribution in [0.3, 0.4) is 0 Å². The van der Waals surface area contributed by atoms with Crippen molar-refractivity contribution in [2.45, 2.75) is 13.1 Å². The summed E-state index contributed by atoms with van der Waals surface area (Å²) in [5.41, 5.74) is 2.49. The van der Waals surface area contributed by atoms with Crippen molar-refractivity contribution in [1.29, 1.82) is 0 Å². The van der Waals surface area contributed by atoms with Crippen LogP contribution >= 0.6 is 0 Å². The van der Waals surface area contributed by atoms with Gasteiger partial charge in [-0.25, -0.2) is 14.3 Å². The van der Waals surface area contributed by atoms with Gasteiger partial charge in [0.2, 0.25) is 5.91 Å². The molecule has 0 saturated carbocycles. The molecule has 2 aromatic carbocycles. The number of oxazole rings is 1. The van der Waals surface area contributed by atoms with Gasteiger partial charge in [-0.2, -0.15) is 0 Å². The van der Waals surface area contributed by atoms with Crippen molar-refractivity contribution in [3.8, 4) is 0 Å². The number of para-hydroxylation sites is 1. The highest BCUT2D eigenvalue weighted by Crippen LogP contribution is 2.18. The van der Waals surface area contributed by atoms with Gasteiger partial charge in [0.15, 0.2) is 11.2 Å². The van der Waals surface area contributed by atoms with Gasteiger partial charge < -0.3 is 9.32 Å². The average molecular weight is 359 g/mol. The van der Waals surface area contributed by atoms with Gasteiger partial charge in [-0.15, -0.1) is 0 Å². The number of amides is 1. The van der Waals surface area contributed by atoms with E-state index in [0.717, 1.165) is 11.3 Å². The molecule has 0 spiro atoms. The zero-order chi connectivity index (χ0) is 18.6. The minimum absolute atomic E-state index is 0.148. The molecule has 6 nitrogen and oxygen atoms in total. The lowest BCUT2D eigenvalue weighted by atomic mass is 10.2. The summed E-state index contributed by atoms with van der Waals surface area (Å²) in [5.74, 6) is -0.815. The van der Waals surface area contributed by atoms with E-state index in [1.165, 1.54) is 4.57 Å². The second kappa shape index (κ2) is 7.29. The van der Waals surface area contributed by atoms with Crippen molar-refractivity contribution in [1.82, 2.24) is 9.55 Å². The fraction of sp³-hybridized carbons (Fsp3) is 0.0952. The molecule has 0 aliphatic rings. The van der Waals surface area contributed by atoms with E-state index < -0.39 is 5.76 Å². The molecule has 2 heterocycles. The van der Waals surface area contributed by atoms with E-state index in [2.05, 4.69) is 4.98 Å². The van der Waals surface area contributed by atoms with Crippen LogP contribution in [0.25, 0.3) is 11.2 Å². The topological polar surface area (TPSA) is 68.3 Å². The van der Waals surface area contributed by atoms with Gasteiger partial charge in [-0.05, 0) is 29.8 Å². The number of carbonyl (C=O) groups excluding carboxylic acids is 1. The van der Waals surface area contributed by atoms with Crippen LogP contribution in [-0.2, 0) is 17.9 Å². The van der Waals surface area contributed by atoms with Gasteiger partial charge in [0.25, 0.3) is 0 Å². The molecule has 0 saturated heterocycles. The third-order valence-electron chi connectivity index (χ3n) is 4.27. The van der Waals surface area contributed by atoms with Crippen LogP contribution < -0.4 is 10.7 Å². The molecular weight excluding hydrogens is 342 g/mol. The molecule has 2 aromatic heterocycles. The maximum absolute atomic E-state index is 13.1.